The van der Waals surface area contributed by atoms with Crippen LogP contribution in [0, 0.1) is 6.92 Å². The predicted octanol–water partition coefficient (Wildman–Crippen LogP) is 1.99. The Kier molecular flexibility index (Phi) is 6.84. The first kappa shape index (κ1) is 21.5. The van der Waals surface area contributed by atoms with E-state index >= 15 is 0 Å². The lowest BCUT2D eigenvalue weighted by atomic mass is 9.94. The molecule has 2 aromatic carbocycles. The highest BCUT2D eigenvalue weighted by Crippen LogP contribution is 2.24. The molecule has 7 nitrogen and oxygen atoms in total. The average Bonchev–Trinajstić information content (AvgIpc) is 2.73. The van der Waals surface area contributed by atoms with Crippen LogP contribution in [0.5, 0.6) is 0 Å². The molecule has 1 atom stereocenters. The second-order valence-electron chi connectivity index (χ2n) is 7.62. The van der Waals surface area contributed by atoms with Crippen molar-refractivity contribution < 1.29 is 19.1 Å². The number of esters is 1. The van der Waals surface area contributed by atoms with Gasteiger partial charge in [-0.1, -0.05) is 42.0 Å². The van der Waals surface area contributed by atoms with Gasteiger partial charge in [-0.2, -0.15) is 0 Å². The summed E-state index contributed by atoms with van der Waals surface area (Å²) in [6.45, 7) is 2.41. The third kappa shape index (κ3) is 5.24. The van der Waals surface area contributed by atoms with E-state index in [2.05, 4.69) is 5.32 Å². The second kappa shape index (κ2) is 9.54. The smallest absolute Gasteiger partial charge is 0.328 e. The van der Waals surface area contributed by atoms with Crippen molar-refractivity contribution in [2.45, 2.75) is 25.9 Å². The Labute approximate surface area is 176 Å². The molecular formula is C23H27N3O4. The third-order valence-corrected chi connectivity index (χ3v) is 5.20. The molecule has 0 bridgehead atoms. The van der Waals surface area contributed by atoms with Crippen LogP contribution in [0.4, 0.5) is 5.69 Å². The molecule has 30 heavy (non-hydrogen) atoms. The quantitative estimate of drug-likeness (QED) is 0.739. The Bertz CT molecular complexity index is 926. The maximum absolute atomic E-state index is 13.0. The summed E-state index contributed by atoms with van der Waals surface area (Å²) in [5.41, 5.74) is 3.89. The van der Waals surface area contributed by atoms with Gasteiger partial charge in [0, 0.05) is 18.7 Å². The van der Waals surface area contributed by atoms with Crippen LogP contribution in [0.25, 0.3) is 0 Å². The number of likely N-dealkylation sites (N-methyl/N-ethyl adjacent to an activating group) is 1. The number of aryl methyl sites for hydroxylation is 1. The fourth-order valence-electron chi connectivity index (χ4n) is 3.59. The molecule has 2 amide bonds. The first-order valence-corrected chi connectivity index (χ1v) is 9.86. The zero-order chi connectivity index (χ0) is 21.7. The first-order chi connectivity index (χ1) is 14.4. The summed E-state index contributed by atoms with van der Waals surface area (Å²) in [5.74, 6) is -0.856. The number of benzene rings is 2. The number of amides is 2. The minimum absolute atomic E-state index is 0.0248. The number of nitrogens with one attached hydrogen (secondary N) is 1. The molecule has 2 aromatic rings. The lowest BCUT2D eigenvalue weighted by Gasteiger charge is -2.36. The molecule has 0 radical (unpaired) electrons. The molecule has 1 N–H and O–H groups in total. The molecule has 1 aliphatic rings. The van der Waals surface area contributed by atoms with Crippen LogP contribution in [0.2, 0.25) is 0 Å². The molecule has 0 saturated carbocycles. The summed E-state index contributed by atoms with van der Waals surface area (Å²) < 4.78 is 4.92. The van der Waals surface area contributed by atoms with Crippen molar-refractivity contribution in [3.63, 3.8) is 0 Å². The molecule has 3 rings (SSSR count). The largest absolute Gasteiger partial charge is 0.467 e. The Hall–Kier alpha value is -3.19. The number of nitrogens with zero attached hydrogens (tertiary/aromatic N) is 2. The molecule has 0 aromatic heterocycles. The topological polar surface area (TPSA) is 79.0 Å². The lowest BCUT2D eigenvalue weighted by molar-refractivity contribution is -0.154. The highest BCUT2D eigenvalue weighted by molar-refractivity contribution is 5.93. The monoisotopic (exact) mass is 409 g/mol. The van der Waals surface area contributed by atoms with Crippen molar-refractivity contribution in [2.24, 2.45) is 0 Å². The van der Waals surface area contributed by atoms with Crippen molar-refractivity contribution in [3.05, 3.63) is 65.2 Å². The fourth-order valence-corrected chi connectivity index (χ4v) is 3.59. The van der Waals surface area contributed by atoms with Crippen molar-refractivity contribution in [1.29, 1.82) is 0 Å². The van der Waals surface area contributed by atoms with Gasteiger partial charge in [0.2, 0.25) is 11.8 Å². The molecule has 0 fully saturated rings. The van der Waals surface area contributed by atoms with Gasteiger partial charge >= 0.3 is 5.97 Å². The fraction of sp³-hybridized carbons (Fsp3) is 0.348. The summed E-state index contributed by atoms with van der Waals surface area (Å²) in [4.78, 5) is 40.7. The highest BCUT2D eigenvalue weighted by Gasteiger charge is 2.35. The number of methoxy groups -OCH3 is 1. The number of ether oxygens (including phenoxy) is 1. The minimum Gasteiger partial charge on any atom is -0.467 e. The van der Waals surface area contributed by atoms with Crippen molar-refractivity contribution in [2.75, 3.05) is 32.6 Å². The number of hydrogen-bond donors (Lipinski definition) is 1. The molecular weight excluding hydrogens is 382 g/mol. The van der Waals surface area contributed by atoms with Gasteiger partial charge in [0.15, 0.2) is 0 Å². The molecule has 1 heterocycles. The number of fused-ring (bicyclic) bond motifs is 1. The molecule has 0 spiro atoms. The van der Waals surface area contributed by atoms with Crippen molar-refractivity contribution >= 4 is 23.5 Å². The van der Waals surface area contributed by atoms with E-state index in [4.69, 9.17) is 4.74 Å². The van der Waals surface area contributed by atoms with Crippen LogP contribution in [-0.2, 0) is 32.1 Å². The first-order valence-electron chi connectivity index (χ1n) is 9.86. The van der Waals surface area contributed by atoms with Crippen LogP contribution in [0.3, 0.4) is 0 Å². The summed E-state index contributed by atoms with van der Waals surface area (Å²) in [6, 6.07) is 14.6. The Morgan fingerprint density at radius 3 is 2.40 bits per heavy atom. The van der Waals surface area contributed by atoms with Crippen LogP contribution >= 0.6 is 0 Å². The van der Waals surface area contributed by atoms with Crippen molar-refractivity contribution in [3.8, 4) is 0 Å². The number of carbonyl (C=O) groups excluding carboxylic acids is 3. The maximum Gasteiger partial charge on any atom is 0.328 e. The van der Waals surface area contributed by atoms with E-state index in [1.807, 2.05) is 55.5 Å². The van der Waals surface area contributed by atoms with E-state index < -0.39 is 12.0 Å². The third-order valence-electron chi connectivity index (χ3n) is 5.20. The number of hydrogen-bond acceptors (Lipinski definition) is 5. The summed E-state index contributed by atoms with van der Waals surface area (Å²) in [7, 11) is 3.03. The van der Waals surface area contributed by atoms with E-state index in [0.717, 1.165) is 16.7 Å². The van der Waals surface area contributed by atoms with Gasteiger partial charge < -0.3 is 15.0 Å². The molecule has 0 saturated heterocycles. The number of anilines is 1. The standard InChI is InChI=1S/C23H27N3O4/c1-16-8-10-19(11-9-16)24-21(27)14-25(2)15-22(28)26-13-18-7-5-4-6-17(18)12-20(26)23(29)30-3/h4-11,20H,12-15H2,1-3H3,(H,24,27). The van der Waals surface area contributed by atoms with Gasteiger partial charge in [0.25, 0.3) is 0 Å². The lowest BCUT2D eigenvalue weighted by Crippen LogP contribution is -2.52. The number of carbonyl (C=O) groups is 3. The van der Waals surface area contributed by atoms with E-state index in [0.29, 0.717) is 18.7 Å². The van der Waals surface area contributed by atoms with Gasteiger partial charge in [0.1, 0.15) is 6.04 Å². The van der Waals surface area contributed by atoms with Gasteiger partial charge in [-0.3, -0.25) is 14.5 Å². The molecule has 158 valence electrons. The zero-order valence-corrected chi connectivity index (χ0v) is 17.6. The SMILES string of the molecule is COC(=O)C1Cc2ccccc2CN1C(=O)CN(C)CC(=O)Nc1ccc(C)cc1. The zero-order valence-electron chi connectivity index (χ0n) is 17.6. The van der Waals surface area contributed by atoms with Crippen LogP contribution in [-0.4, -0.2) is 60.9 Å². The minimum atomic E-state index is -0.660. The van der Waals surface area contributed by atoms with Gasteiger partial charge in [-0.25, -0.2) is 4.79 Å². The highest BCUT2D eigenvalue weighted by atomic mass is 16.5. The van der Waals surface area contributed by atoms with Crippen LogP contribution < -0.4 is 5.32 Å². The summed E-state index contributed by atoms with van der Waals surface area (Å²) in [5, 5.41) is 2.82. The van der Waals surface area contributed by atoms with E-state index in [1.165, 1.54) is 7.11 Å². The number of rotatable bonds is 6. The summed E-state index contributed by atoms with van der Waals surface area (Å²) >= 11 is 0. The van der Waals surface area contributed by atoms with Gasteiger partial charge in [-0.05, 0) is 37.2 Å². The van der Waals surface area contributed by atoms with Crippen LogP contribution in [0.15, 0.2) is 48.5 Å². The normalized spacial score (nSPS) is 15.5. The molecule has 1 aliphatic heterocycles. The maximum atomic E-state index is 13.0. The van der Waals surface area contributed by atoms with Crippen molar-refractivity contribution in [1.82, 2.24) is 9.80 Å². The average molecular weight is 409 g/mol. The van der Waals surface area contributed by atoms with Gasteiger partial charge in [0.05, 0.1) is 20.2 Å². The Balaban J connectivity index is 1.62. The molecule has 7 heteroatoms. The van der Waals surface area contributed by atoms with E-state index in [9.17, 15) is 14.4 Å². The van der Waals surface area contributed by atoms with Crippen LogP contribution in [0.1, 0.15) is 16.7 Å². The molecule has 1 unspecified atom stereocenters. The predicted molar refractivity (Wildman–Crippen MR) is 114 cm³/mol. The summed E-state index contributed by atoms with van der Waals surface area (Å²) in [6.07, 6.45) is 0.423. The Morgan fingerprint density at radius 2 is 1.73 bits per heavy atom. The van der Waals surface area contributed by atoms with E-state index in [-0.39, 0.29) is 24.9 Å². The van der Waals surface area contributed by atoms with Gasteiger partial charge in [-0.15, -0.1) is 0 Å². The molecule has 0 aliphatic carbocycles. The Morgan fingerprint density at radius 1 is 1.07 bits per heavy atom. The van der Waals surface area contributed by atoms with E-state index in [1.54, 1.807) is 16.8 Å². The second-order valence-corrected chi connectivity index (χ2v) is 7.62.